The number of rotatable bonds is 0. The maximum Gasteiger partial charge on any atom is 0.111 e. The van der Waals surface area contributed by atoms with Crippen molar-refractivity contribution in [2.45, 2.75) is 36.6 Å². The minimum Gasteiger partial charge on any atom is -0.389 e. The van der Waals surface area contributed by atoms with E-state index >= 15 is 0 Å². The molecule has 72 valence electrons. The molecule has 6 heteroatoms. The van der Waals surface area contributed by atoms with Gasteiger partial charge in [0.2, 0.25) is 0 Å². The standard InChI is InChI=1S/C6H13NO5/c7-1-2(8)4(10)6(12)5(11)3(1)9/h1-6,8-12H,7H2/t1?,2-,3-,4-,5+,6+/m0/s1. The summed E-state index contributed by atoms with van der Waals surface area (Å²) in [7, 11) is 0. The third-order valence-corrected chi connectivity index (χ3v) is 2.19. The van der Waals surface area contributed by atoms with E-state index in [1.54, 1.807) is 0 Å². The van der Waals surface area contributed by atoms with Crippen LogP contribution in [-0.2, 0) is 0 Å². The summed E-state index contributed by atoms with van der Waals surface area (Å²) in [6, 6.07) is -1.14. The van der Waals surface area contributed by atoms with Crippen LogP contribution >= 0.6 is 0 Å². The van der Waals surface area contributed by atoms with E-state index < -0.39 is 36.6 Å². The number of aliphatic hydroxyl groups is 5. The highest BCUT2D eigenvalue weighted by molar-refractivity contribution is 5.00. The van der Waals surface area contributed by atoms with Gasteiger partial charge >= 0.3 is 0 Å². The Hall–Kier alpha value is -0.240. The third-order valence-electron chi connectivity index (χ3n) is 2.19. The van der Waals surface area contributed by atoms with Crippen LogP contribution in [0.25, 0.3) is 0 Å². The van der Waals surface area contributed by atoms with Gasteiger partial charge in [0, 0.05) is 0 Å². The number of aliphatic hydroxyl groups excluding tert-OH is 5. The Morgan fingerprint density at radius 2 is 0.833 bits per heavy atom. The van der Waals surface area contributed by atoms with Gasteiger partial charge in [0.05, 0.1) is 6.04 Å². The van der Waals surface area contributed by atoms with Crippen LogP contribution in [0.5, 0.6) is 0 Å². The summed E-state index contributed by atoms with van der Waals surface area (Å²) in [5.41, 5.74) is 5.23. The molecule has 1 saturated carbocycles. The van der Waals surface area contributed by atoms with Crippen molar-refractivity contribution in [2.75, 3.05) is 0 Å². The van der Waals surface area contributed by atoms with E-state index in [0.29, 0.717) is 0 Å². The first-order valence-corrected chi connectivity index (χ1v) is 3.62. The predicted molar refractivity (Wildman–Crippen MR) is 38.0 cm³/mol. The lowest BCUT2D eigenvalue weighted by atomic mass is 9.84. The van der Waals surface area contributed by atoms with E-state index in [2.05, 4.69) is 0 Å². The molecule has 0 radical (unpaired) electrons. The molecule has 0 aromatic heterocycles. The summed E-state index contributed by atoms with van der Waals surface area (Å²) >= 11 is 0. The van der Waals surface area contributed by atoms with E-state index in [1.807, 2.05) is 0 Å². The molecule has 1 aliphatic carbocycles. The van der Waals surface area contributed by atoms with Crippen LogP contribution < -0.4 is 5.73 Å². The summed E-state index contributed by atoms with van der Waals surface area (Å²) in [6.45, 7) is 0. The van der Waals surface area contributed by atoms with E-state index in [4.69, 9.17) is 31.3 Å². The molecule has 1 rings (SSSR count). The molecular weight excluding hydrogens is 166 g/mol. The molecule has 6 atom stereocenters. The average molecular weight is 179 g/mol. The third kappa shape index (κ3) is 1.33. The highest BCUT2D eigenvalue weighted by atomic mass is 16.4. The Labute approximate surface area is 68.9 Å². The first-order chi connectivity index (χ1) is 5.46. The maximum atomic E-state index is 9.10. The summed E-state index contributed by atoms with van der Waals surface area (Å²) < 4.78 is 0. The predicted octanol–water partition coefficient (Wildman–Crippen LogP) is -3.87. The lowest BCUT2D eigenvalue weighted by Gasteiger charge is -2.40. The van der Waals surface area contributed by atoms with E-state index in [1.165, 1.54) is 0 Å². The topological polar surface area (TPSA) is 127 Å². The van der Waals surface area contributed by atoms with Crippen molar-refractivity contribution in [2.24, 2.45) is 5.73 Å². The summed E-state index contributed by atoms with van der Waals surface area (Å²) in [5.74, 6) is 0. The molecule has 1 unspecified atom stereocenters. The number of hydrogen-bond acceptors (Lipinski definition) is 6. The van der Waals surface area contributed by atoms with Gasteiger partial charge in [0.1, 0.15) is 30.5 Å². The van der Waals surface area contributed by atoms with Gasteiger partial charge < -0.3 is 31.3 Å². The lowest BCUT2D eigenvalue weighted by Crippen LogP contribution is -2.66. The van der Waals surface area contributed by atoms with Gasteiger partial charge in [-0.2, -0.15) is 0 Å². The van der Waals surface area contributed by atoms with E-state index in [0.717, 1.165) is 0 Å². The summed E-state index contributed by atoms with van der Waals surface area (Å²) in [5, 5.41) is 45.3. The molecule has 0 aliphatic heterocycles. The average Bonchev–Trinajstić information content (AvgIpc) is 2.08. The van der Waals surface area contributed by atoms with Crippen molar-refractivity contribution < 1.29 is 25.5 Å². The quantitative estimate of drug-likeness (QED) is 0.226. The van der Waals surface area contributed by atoms with Crippen LogP contribution in [-0.4, -0.2) is 62.1 Å². The Morgan fingerprint density at radius 1 is 0.583 bits per heavy atom. The van der Waals surface area contributed by atoms with E-state index in [-0.39, 0.29) is 0 Å². The molecule has 0 heterocycles. The first kappa shape index (κ1) is 9.85. The first-order valence-electron chi connectivity index (χ1n) is 3.62. The van der Waals surface area contributed by atoms with Crippen LogP contribution in [0, 0.1) is 0 Å². The second-order valence-electron chi connectivity index (χ2n) is 3.03. The largest absolute Gasteiger partial charge is 0.389 e. The Balaban J connectivity index is 2.76. The lowest BCUT2D eigenvalue weighted by molar-refractivity contribution is -0.184. The van der Waals surface area contributed by atoms with Gasteiger partial charge in [-0.25, -0.2) is 0 Å². The molecule has 0 spiro atoms. The van der Waals surface area contributed by atoms with Crippen molar-refractivity contribution in [1.82, 2.24) is 0 Å². The van der Waals surface area contributed by atoms with Crippen LogP contribution in [0.3, 0.4) is 0 Å². The molecule has 0 aromatic carbocycles. The zero-order chi connectivity index (χ0) is 9.46. The minimum absolute atomic E-state index is 1.14. The maximum absolute atomic E-state index is 9.10. The Morgan fingerprint density at radius 3 is 1.17 bits per heavy atom. The molecule has 12 heavy (non-hydrogen) atoms. The van der Waals surface area contributed by atoms with Gasteiger partial charge in [-0.1, -0.05) is 0 Å². The fourth-order valence-corrected chi connectivity index (χ4v) is 1.26. The van der Waals surface area contributed by atoms with Crippen LogP contribution in [0.4, 0.5) is 0 Å². The van der Waals surface area contributed by atoms with Crippen LogP contribution in [0.15, 0.2) is 0 Å². The van der Waals surface area contributed by atoms with Gasteiger partial charge in [-0.15, -0.1) is 0 Å². The molecular formula is C6H13NO5. The molecule has 7 N–H and O–H groups in total. The minimum atomic E-state index is -1.56. The molecule has 0 saturated heterocycles. The zero-order valence-electron chi connectivity index (χ0n) is 6.28. The normalized spacial score (nSPS) is 55.5. The Bertz CT molecular complexity index is 107. The molecule has 1 fully saturated rings. The molecule has 0 amide bonds. The number of nitrogens with two attached hydrogens (primary N) is 1. The van der Waals surface area contributed by atoms with Crippen molar-refractivity contribution in [1.29, 1.82) is 0 Å². The number of hydrogen-bond donors (Lipinski definition) is 6. The summed E-state index contributed by atoms with van der Waals surface area (Å²) in [6.07, 6.45) is -7.43. The zero-order valence-corrected chi connectivity index (χ0v) is 6.28. The highest BCUT2D eigenvalue weighted by Crippen LogP contribution is 2.19. The highest BCUT2D eigenvalue weighted by Gasteiger charge is 2.46. The fraction of sp³-hybridized carbons (Fsp3) is 1.00. The molecule has 0 aromatic rings. The van der Waals surface area contributed by atoms with Crippen LogP contribution in [0.2, 0.25) is 0 Å². The van der Waals surface area contributed by atoms with Gasteiger partial charge in [0.25, 0.3) is 0 Å². The fourth-order valence-electron chi connectivity index (χ4n) is 1.26. The summed E-state index contributed by atoms with van der Waals surface area (Å²) in [4.78, 5) is 0. The second kappa shape index (κ2) is 3.25. The molecule has 0 bridgehead atoms. The van der Waals surface area contributed by atoms with Crippen molar-refractivity contribution in [3.8, 4) is 0 Å². The second-order valence-corrected chi connectivity index (χ2v) is 3.03. The van der Waals surface area contributed by atoms with Crippen molar-refractivity contribution in [3.05, 3.63) is 0 Å². The van der Waals surface area contributed by atoms with Crippen molar-refractivity contribution in [3.63, 3.8) is 0 Å². The van der Waals surface area contributed by atoms with E-state index in [9.17, 15) is 0 Å². The van der Waals surface area contributed by atoms with Crippen LogP contribution in [0.1, 0.15) is 0 Å². The SMILES string of the molecule is NC1[C@H](O)[C@H](O)[C@@H](O)[C@H](O)[C@H]1O. The van der Waals surface area contributed by atoms with Crippen molar-refractivity contribution >= 4 is 0 Å². The van der Waals surface area contributed by atoms with Gasteiger partial charge in [0.15, 0.2) is 0 Å². The Kier molecular flexibility index (Phi) is 2.67. The van der Waals surface area contributed by atoms with Gasteiger partial charge in [-0.3, -0.25) is 0 Å². The smallest absolute Gasteiger partial charge is 0.111 e. The monoisotopic (exact) mass is 179 g/mol. The molecule has 6 nitrogen and oxygen atoms in total. The van der Waals surface area contributed by atoms with Gasteiger partial charge in [-0.05, 0) is 0 Å². The molecule has 1 aliphatic rings.